The second kappa shape index (κ2) is 8.32. The van der Waals surface area contributed by atoms with Crippen LogP contribution in [0, 0.1) is 11.7 Å². The molecule has 3 N–H and O–H groups in total. The predicted octanol–water partition coefficient (Wildman–Crippen LogP) is 1.71. The second-order valence-corrected chi connectivity index (χ2v) is 5.67. The van der Waals surface area contributed by atoms with E-state index < -0.39 is 11.9 Å². The molecular formula is C16H24FNO3. The van der Waals surface area contributed by atoms with Crippen LogP contribution in [0.2, 0.25) is 0 Å². The molecule has 3 atom stereocenters. The minimum Gasteiger partial charge on any atom is -0.488 e. The average molecular weight is 297 g/mol. The van der Waals surface area contributed by atoms with Crippen molar-refractivity contribution >= 4 is 0 Å². The summed E-state index contributed by atoms with van der Waals surface area (Å²) in [5.41, 5.74) is 0. The lowest BCUT2D eigenvalue weighted by molar-refractivity contribution is 0.0632. The van der Waals surface area contributed by atoms with Gasteiger partial charge in [0.25, 0.3) is 0 Å². The molecule has 1 fully saturated rings. The molecule has 1 aromatic carbocycles. The van der Waals surface area contributed by atoms with Gasteiger partial charge in [-0.3, -0.25) is 0 Å². The number of para-hydroxylation sites is 1. The fourth-order valence-electron chi connectivity index (χ4n) is 2.67. The van der Waals surface area contributed by atoms with Crippen LogP contribution in [0.3, 0.4) is 0 Å². The van der Waals surface area contributed by atoms with Crippen LogP contribution in [0.25, 0.3) is 0 Å². The lowest BCUT2D eigenvalue weighted by atomic mass is 9.86. The van der Waals surface area contributed by atoms with Crippen molar-refractivity contribution in [2.75, 3.05) is 19.7 Å². The number of halogens is 1. The zero-order valence-electron chi connectivity index (χ0n) is 12.2. The summed E-state index contributed by atoms with van der Waals surface area (Å²) in [5, 5.41) is 22.8. The van der Waals surface area contributed by atoms with Crippen LogP contribution < -0.4 is 10.1 Å². The molecule has 0 amide bonds. The molecule has 21 heavy (non-hydrogen) atoms. The molecule has 1 aliphatic carbocycles. The first-order valence-corrected chi connectivity index (χ1v) is 7.61. The molecule has 5 heteroatoms. The van der Waals surface area contributed by atoms with E-state index in [-0.39, 0.29) is 24.4 Å². The van der Waals surface area contributed by atoms with Gasteiger partial charge in [0.1, 0.15) is 12.7 Å². The SMILES string of the molecule is OC(CNCC1CCCCC1O)COc1ccccc1F. The maximum Gasteiger partial charge on any atom is 0.165 e. The van der Waals surface area contributed by atoms with Crippen molar-refractivity contribution < 1.29 is 19.3 Å². The molecule has 1 saturated carbocycles. The van der Waals surface area contributed by atoms with Crippen molar-refractivity contribution in [2.45, 2.75) is 37.9 Å². The Labute approximate surface area is 124 Å². The summed E-state index contributed by atoms with van der Waals surface area (Å²) in [5.74, 6) is -0.0133. The zero-order chi connectivity index (χ0) is 15.1. The van der Waals surface area contributed by atoms with Gasteiger partial charge in [0.05, 0.1) is 6.10 Å². The summed E-state index contributed by atoms with van der Waals surface area (Å²) in [6, 6.07) is 6.14. The number of aliphatic hydroxyl groups is 2. The monoisotopic (exact) mass is 297 g/mol. The Kier molecular flexibility index (Phi) is 6.42. The molecule has 3 unspecified atom stereocenters. The summed E-state index contributed by atoms with van der Waals surface area (Å²) in [6.45, 7) is 1.11. The van der Waals surface area contributed by atoms with Gasteiger partial charge in [-0.1, -0.05) is 25.0 Å². The minimum absolute atomic E-state index is 0.0428. The predicted molar refractivity (Wildman–Crippen MR) is 78.7 cm³/mol. The molecular weight excluding hydrogens is 273 g/mol. The van der Waals surface area contributed by atoms with Crippen molar-refractivity contribution in [3.05, 3.63) is 30.1 Å². The minimum atomic E-state index is -0.703. The van der Waals surface area contributed by atoms with Gasteiger partial charge >= 0.3 is 0 Å². The second-order valence-electron chi connectivity index (χ2n) is 5.67. The summed E-state index contributed by atoms with van der Waals surface area (Å²) < 4.78 is 18.6. The van der Waals surface area contributed by atoms with Gasteiger partial charge in [-0.25, -0.2) is 4.39 Å². The van der Waals surface area contributed by atoms with E-state index in [1.807, 2.05) is 0 Å². The Bertz CT molecular complexity index is 430. The molecule has 1 aliphatic rings. The number of nitrogens with one attached hydrogen (secondary N) is 1. The molecule has 0 aromatic heterocycles. The highest BCUT2D eigenvalue weighted by atomic mass is 19.1. The molecule has 0 spiro atoms. The van der Waals surface area contributed by atoms with Gasteiger partial charge in [0, 0.05) is 13.1 Å². The quantitative estimate of drug-likeness (QED) is 0.717. The van der Waals surface area contributed by atoms with Gasteiger partial charge < -0.3 is 20.3 Å². The molecule has 0 radical (unpaired) electrons. The summed E-state index contributed by atoms with van der Waals surface area (Å²) >= 11 is 0. The third kappa shape index (κ3) is 5.26. The summed E-state index contributed by atoms with van der Waals surface area (Å²) in [7, 11) is 0. The smallest absolute Gasteiger partial charge is 0.165 e. The Balaban J connectivity index is 1.63. The van der Waals surface area contributed by atoms with Gasteiger partial charge in [-0.05, 0) is 30.9 Å². The van der Waals surface area contributed by atoms with Gasteiger partial charge in [-0.15, -0.1) is 0 Å². The lowest BCUT2D eigenvalue weighted by Gasteiger charge is -2.28. The Morgan fingerprint density at radius 1 is 1.29 bits per heavy atom. The molecule has 0 saturated heterocycles. The fourth-order valence-corrected chi connectivity index (χ4v) is 2.67. The highest BCUT2D eigenvalue weighted by Gasteiger charge is 2.22. The molecule has 0 aliphatic heterocycles. The van der Waals surface area contributed by atoms with Crippen LogP contribution in [0.5, 0.6) is 5.75 Å². The molecule has 0 bridgehead atoms. The van der Waals surface area contributed by atoms with E-state index in [0.29, 0.717) is 13.1 Å². The van der Waals surface area contributed by atoms with E-state index in [0.717, 1.165) is 25.7 Å². The van der Waals surface area contributed by atoms with Crippen LogP contribution in [0.1, 0.15) is 25.7 Å². The standard InChI is InChI=1S/C16H24FNO3/c17-14-6-2-4-8-16(14)21-11-13(19)10-18-9-12-5-1-3-7-15(12)20/h2,4,6,8,12-13,15,18-20H,1,3,5,7,9-11H2. The third-order valence-corrected chi connectivity index (χ3v) is 3.92. The normalized spacial score (nSPS) is 23.8. The van der Waals surface area contributed by atoms with Crippen molar-refractivity contribution in [1.29, 1.82) is 0 Å². The number of hydrogen-bond acceptors (Lipinski definition) is 4. The van der Waals surface area contributed by atoms with E-state index in [9.17, 15) is 14.6 Å². The fraction of sp³-hybridized carbons (Fsp3) is 0.625. The first-order valence-electron chi connectivity index (χ1n) is 7.61. The lowest BCUT2D eigenvalue weighted by Crippen LogP contribution is -2.38. The Hall–Kier alpha value is -1.17. The van der Waals surface area contributed by atoms with Gasteiger partial charge in [-0.2, -0.15) is 0 Å². The van der Waals surface area contributed by atoms with Crippen LogP contribution in [-0.4, -0.2) is 42.1 Å². The first-order chi connectivity index (χ1) is 10.2. The highest BCUT2D eigenvalue weighted by Crippen LogP contribution is 2.23. The maximum atomic E-state index is 13.3. The van der Waals surface area contributed by atoms with Crippen molar-refractivity contribution in [3.63, 3.8) is 0 Å². The maximum absolute atomic E-state index is 13.3. The van der Waals surface area contributed by atoms with E-state index in [2.05, 4.69) is 5.32 Å². The van der Waals surface area contributed by atoms with Crippen LogP contribution in [-0.2, 0) is 0 Å². The van der Waals surface area contributed by atoms with Crippen molar-refractivity contribution in [3.8, 4) is 5.75 Å². The Morgan fingerprint density at radius 2 is 2.05 bits per heavy atom. The van der Waals surface area contributed by atoms with Gasteiger partial charge in [0.15, 0.2) is 11.6 Å². The highest BCUT2D eigenvalue weighted by molar-refractivity contribution is 5.23. The van der Waals surface area contributed by atoms with Crippen molar-refractivity contribution in [1.82, 2.24) is 5.32 Å². The largest absolute Gasteiger partial charge is 0.488 e. The van der Waals surface area contributed by atoms with Crippen LogP contribution in [0.15, 0.2) is 24.3 Å². The van der Waals surface area contributed by atoms with Crippen LogP contribution in [0.4, 0.5) is 4.39 Å². The molecule has 4 nitrogen and oxygen atoms in total. The molecule has 0 heterocycles. The third-order valence-electron chi connectivity index (χ3n) is 3.92. The summed E-state index contributed by atoms with van der Waals surface area (Å²) in [6.07, 6.45) is 3.20. The zero-order valence-corrected chi connectivity index (χ0v) is 12.2. The van der Waals surface area contributed by atoms with E-state index >= 15 is 0 Å². The van der Waals surface area contributed by atoms with Gasteiger partial charge in [0.2, 0.25) is 0 Å². The van der Waals surface area contributed by atoms with Crippen molar-refractivity contribution in [2.24, 2.45) is 5.92 Å². The average Bonchev–Trinajstić information content (AvgIpc) is 2.48. The molecule has 1 aromatic rings. The van der Waals surface area contributed by atoms with E-state index in [1.54, 1.807) is 12.1 Å². The number of rotatable bonds is 7. The number of hydrogen-bond donors (Lipinski definition) is 3. The summed E-state index contributed by atoms with van der Waals surface area (Å²) in [4.78, 5) is 0. The topological polar surface area (TPSA) is 61.7 Å². The molecule has 118 valence electrons. The van der Waals surface area contributed by atoms with E-state index in [4.69, 9.17) is 4.74 Å². The first kappa shape index (κ1) is 16.2. The van der Waals surface area contributed by atoms with Crippen LogP contribution >= 0.6 is 0 Å². The van der Waals surface area contributed by atoms with E-state index in [1.165, 1.54) is 12.1 Å². The number of aliphatic hydroxyl groups excluding tert-OH is 2. The Morgan fingerprint density at radius 3 is 2.81 bits per heavy atom. The number of ether oxygens (including phenoxy) is 1. The molecule has 2 rings (SSSR count). The number of benzene rings is 1.